The van der Waals surface area contributed by atoms with E-state index in [1.54, 1.807) is 18.2 Å². The third-order valence-corrected chi connectivity index (χ3v) is 4.91. The third kappa shape index (κ3) is 3.35. The number of hydrogen-bond acceptors (Lipinski definition) is 2. The Kier molecular flexibility index (Phi) is 4.72. The maximum absolute atomic E-state index is 14.3. The predicted molar refractivity (Wildman–Crippen MR) is 104 cm³/mol. The van der Waals surface area contributed by atoms with Crippen LogP contribution in [0.4, 0.5) is 4.39 Å². The zero-order valence-electron chi connectivity index (χ0n) is 14.1. The molecule has 2 unspecified atom stereocenters. The topological polar surface area (TPSA) is 24.4 Å². The van der Waals surface area contributed by atoms with E-state index in [-0.39, 0.29) is 22.9 Å². The molecule has 0 radical (unpaired) electrons. The molecule has 0 spiro atoms. The molecule has 4 rings (SSSR count). The normalized spacial score (nSPS) is 19.1. The van der Waals surface area contributed by atoms with Gasteiger partial charge in [0.15, 0.2) is 0 Å². The molecule has 0 saturated heterocycles. The molecule has 1 aliphatic heterocycles. The van der Waals surface area contributed by atoms with Gasteiger partial charge in [0, 0.05) is 6.42 Å². The lowest BCUT2D eigenvalue weighted by molar-refractivity contribution is 0.571. The molecule has 4 heteroatoms. The van der Waals surface area contributed by atoms with Gasteiger partial charge in [-0.15, -0.1) is 0 Å². The molecular weight excluding hydrogens is 347 g/mol. The fourth-order valence-electron chi connectivity index (χ4n) is 3.34. The van der Waals surface area contributed by atoms with Crippen LogP contribution in [0.5, 0.6) is 0 Å². The summed E-state index contributed by atoms with van der Waals surface area (Å²) in [4.78, 5) is 4.88. The minimum Gasteiger partial charge on any atom is -0.364 e. The highest BCUT2D eigenvalue weighted by Crippen LogP contribution is 2.36. The van der Waals surface area contributed by atoms with Gasteiger partial charge in [0.2, 0.25) is 0 Å². The summed E-state index contributed by atoms with van der Waals surface area (Å²) in [5.41, 5.74) is 2.84. The van der Waals surface area contributed by atoms with Gasteiger partial charge in [0.05, 0.1) is 11.1 Å². The molecule has 0 bridgehead atoms. The van der Waals surface area contributed by atoms with E-state index in [1.165, 1.54) is 0 Å². The smallest absolute Gasteiger partial charge is 0.145 e. The van der Waals surface area contributed by atoms with Crippen LogP contribution in [-0.2, 0) is 6.42 Å². The van der Waals surface area contributed by atoms with Crippen molar-refractivity contribution in [2.45, 2.75) is 18.5 Å². The number of halogens is 2. The van der Waals surface area contributed by atoms with E-state index in [1.807, 2.05) is 36.4 Å². The Morgan fingerprint density at radius 2 is 1.50 bits per heavy atom. The van der Waals surface area contributed by atoms with Crippen molar-refractivity contribution >= 4 is 17.4 Å². The first kappa shape index (κ1) is 16.8. The van der Waals surface area contributed by atoms with E-state index in [0.717, 1.165) is 17.0 Å². The second-order valence-corrected chi connectivity index (χ2v) is 6.76. The fourth-order valence-corrected chi connectivity index (χ4v) is 3.54. The Morgan fingerprint density at radius 3 is 2.19 bits per heavy atom. The standard InChI is InChI=1S/C22H18ClFN2/c23-18-13-7-12-17(20(18)24)14-19-25-21(15-8-3-1-4-9-15)22(26-19)16-10-5-2-6-11-16/h1-13,21-22H,14H2,(H,25,26). The maximum Gasteiger partial charge on any atom is 0.145 e. The predicted octanol–water partition coefficient (Wildman–Crippen LogP) is 5.51. The van der Waals surface area contributed by atoms with Crippen LogP contribution in [0.15, 0.2) is 83.9 Å². The van der Waals surface area contributed by atoms with E-state index >= 15 is 0 Å². The molecule has 3 aromatic rings. The Morgan fingerprint density at radius 1 is 0.846 bits per heavy atom. The molecule has 1 heterocycles. The molecular formula is C22H18ClFN2. The summed E-state index contributed by atoms with van der Waals surface area (Å²) in [7, 11) is 0. The third-order valence-electron chi connectivity index (χ3n) is 4.62. The molecule has 130 valence electrons. The Balaban J connectivity index is 1.67. The highest BCUT2D eigenvalue weighted by Gasteiger charge is 2.31. The van der Waals surface area contributed by atoms with E-state index in [4.69, 9.17) is 16.6 Å². The van der Waals surface area contributed by atoms with Crippen LogP contribution in [0.25, 0.3) is 0 Å². The zero-order valence-corrected chi connectivity index (χ0v) is 14.8. The molecule has 26 heavy (non-hydrogen) atoms. The highest BCUT2D eigenvalue weighted by molar-refractivity contribution is 6.30. The average molecular weight is 365 g/mol. The lowest BCUT2D eigenvalue weighted by atomic mass is 9.95. The fraction of sp³-hybridized carbons (Fsp3) is 0.136. The van der Waals surface area contributed by atoms with E-state index in [2.05, 4.69) is 29.6 Å². The molecule has 0 amide bonds. The number of amidine groups is 1. The summed E-state index contributed by atoms with van der Waals surface area (Å²) >= 11 is 5.91. The SMILES string of the molecule is Fc1c(Cl)cccc1CC1=NC(c2ccccc2)C(c2ccccc2)N1. The van der Waals surface area contributed by atoms with Crippen molar-refractivity contribution in [1.82, 2.24) is 5.32 Å². The van der Waals surface area contributed by atoms with Crippen molar-refractivity contribution < 1.29 is 4.39 Å². The van der Waals surface area contributed by atoms with Crippen LogP contribution in [0.2, 0.25) is 5.02 Å². The molecule has 3 aromatic carbocycles. The van der Waals surface area contributed by atoms with Crippen molar-refractivity contribution in [3.63, 3.8) is 0 Å². The minimum atomic E-state index is -0.377. The van der Waals surface area contributed by atoms with Crippen LogP contribution in [-0.4, -0.2) is 5.84 Å². The van der Waals surface area contributed by atoms with Crippen LogP contribution in [0, 0.1) is 5.82 Å². The summed E-state index contributed by atoms with van der Waals surface area (Å²) < 4.78 is 14.3. The molecule has 2 nitrogen and oxygen atoms in total. The molecule has 0 aromatic heterocycles. The van der Waals surface area contributed by atoms with E-state index in [9.17, 15) is 4.39 Å². The molecule has 1 aliphatic rings. The van der Waals surface area contributed by atoms with Crippen molar-refractivity contribution in [1.29, 1.82) is 0 Å². The van der Waals surface area contributed by atoms with Crippen LogP contribution < -0.4 is 5.32 Å². The van der Waals surface area contributed by atoms with Gasteiger partial charge >= 0.3 is 0 Å². The Labute approximate surface area is 157 Å². The number of rotatable bonds is 4. The monoisotopic (exact) mass is 364 g/mol. The number of aliphatic imine (C=N–C) groups is 1. The molecule has 2 atom stereocenters. The minimum absolute atomic E-state index is 0.0239. The average Bonchev–Trinajstić information content (AvgIpc) is 3.11. The quantitative estimate of drug-likeness (QED) is 0.649. The summed E-state index contributed by atoms with van der Waals surface area (Å²) in [6.07, 6.45) is 0.388. The van der Waals surface area contributed by atoms with Gasteiger partial charge in [0.25, 0.3) is 0 Å². The summed E-state index contributed by atoms with van der Waals surface area (Å²) in [5, 5.41) is 3.63. The van der Waals surface area contributed by atoms with Gasteiger partial charge in [-0.3, -0.25) is 4.99 Å². The van der Waals surface area contributed by atoms with Crippen molar-refractivity contribution in [2.75, 3.05) is 0 Å². The lowest BCUT2D eigenvalue weighted by Gasteiger charge is -2.19. The van der Waals surface area contributed by atoms with Gasteiger partial charge in [-0.2, -0.15) is 0 Å². The van der Waals surface area contributed by atoms with Gasteiger partial charge < -0.3 is 5.32 Å². The van der Waals surface area contributed by atoms with Gasteiger partial charge in [-0.05, 0) is 22.8 Å². The number of benzene rings is 3. The number of nitrogens with one attached hydrogen (secondary N) is 1. The van der Waals surface area contributed by atoms with Gasteiger partial charge in [-0.25, -0.2) is 4.39 Å². The zero-order chi connectivity index (χ0) is 17.9. The largest absolute Gasteiger partial charge is 0.364 e. The van der Waals surface area contributed by atoms with Gasteiger partial charge in [-0.1, -0.05) is 84.4 Å². The molecule has 0 aliphatic carbocycles. The first-order chi connectivity index (χ1) is 12.7. The highest BCUT2D eigenvalue weighted by atomic mass is 35.5. The van der Waals surface area contributed by atoms with Crippen molar-refractivity contribution in [2.24, 2.45) is 4.99 Å². The van der Waals surface area contributed by atoms with E-state index in [0.29, 0.717) is 12.0 Å². The van der Waals surface area contributed by atoms with Crippen LogP contribution in [0.3, 0.4) is 0 Å². The van der Waals surface area contributed by atoms with Crippen LogP contribution >= 0.6 is 11.6 Å². The number of hydrogen-bond donors (Lipinski definition) is 1. The van der Waals surface area contributed by atoms with E-state index < -0.39 is 0 Å². The van der Waals surface area contributed by atoms with Crippen molar-refractivity contribution in [3.05, 3.63) is 106 Å². The summed E-state index contributed by atoms with van der Waals surface area (Å²) in [5.74, 6) is 0.395. The second kappa shape index (κ2) is 7.30. The van der Waals surface area contributed by atoms with Crippen molar-refractivity contribution in [3.8, 4) is 0 Å². The molecule has 0 saturated carbocycles. The van der Waals surface area contributed by atoms with Crippen LogP contribution in [0.1, 0.15) is 28.8 Å². The second-order valence-electron chi connectivity index (χ2n) is 6.35. The molecule has 0 fully saturated rings. The Hall–Kier alpha value is -2.65. The van der Waals surface area contributed by atoms with Gasteiger partial charge in [0.1, 0.15) is 17.7 Å². The summed E-state index contributed by atoms with van der Waals surface area (Å²) in [6.45, 7) is 0. The first-order valence-corrected chi connectivity index (χ1v) is 8.96. The lowest BCUT2D eigenvalue weighted by Crippen LogP contribution is -2.26. The molecule has 1 N–H and O–H groups in total. The Bertz CT molecular complexity index is 925. The number of nitrogens with zero attached hydrogens (tertiary/aromatic N) is 1. The first-order valence-electron chi connectivity index (χ1n) is 8.58. The summed E-state index contributed by atoms with van der Waals surface area (Å²) in [6, 6.07) is 25.5. The maximum atomic E-state index is 14.3.